The number of carbonyl (C=O) groups is 1. The first kappa shape index (κ1) is 15.6. The van der Waals surface area contributed by atoms with Crippen LogP contribution in [0, 0.1) is 5.92 Å². The van der Waals surface area contributed by atoms with Crippen molar-refractivity contribution in [2.45, 2.75) is 45.6 Å². The highest BCUT2D eigenvalue weighted by molar-refractivity contribution is 5.78. The van der Waals surface area contributed by atoms with Gasteiger partial charge in [-0.05, 0) is 37.8 Å². The number of nitrogens with one attached hydrogen (secondary N) is 1. The molecule has 19 heavy (non-hydrogen) atoms. The number of nitrogens with zero attached hydrogens (tertiary/aromatic N) is 1. The molecule has 0 fully saturated rings. The van der Waals surface area contributed by atoms with E-state index in [0.717, 1.165) is 31.2 Å². The molecule has 3 N–H and O–H groups in total. The first-order chi connectivity index (χ1) is 9.09. The molecular formula is C15H25N3O. The Labute approximate surface area is 115 Å². The molecule has 1 amide bonds. The Morgan fingerprint density at radius 1 is 1.42 bits per heavy atom. The lowest BCUT2D eigenvalue weighted by Gasteiger charge is -2.12. The Bertz CT molecular complexity index is 365. The number of pyridine rings is 1. The first-order valence-corrected chi connectivity index (χ1v) is 7.01. The zero-order valence-corrected chi connectivity index (χ0v) is 11.9. The minimum atomic E-state index is 0.0626. The predicted molar refractivity (Wildman–Crippen MR) is 77.6 cm³/mol. The van der Waals surface area contributed by atoms with Gasteiger partial charge in [0.15, 0.2) is 0 Å². The van der Waals surface area contributed by atoms with Gasteiger partial charge in [-0.2, -0.15) is 0 Å². The highest BCUT2D eigenvalue weighted by Gasteiger charge is 2.12. The topological polar surface area (TPSA) is 68.0 Å². The summed E-state index contributed by atoms with van der Waals surface area (Å²) in [5, 5.41) is 2.97. The second-order valence-electron chi connectivity index (χ2n) is 5.21. The fourth-order valence-corrected chi connectivity index (χ4v) is 1.93. The largest absolute Gasteiger partial charge is 0.356 e. The van der Waals surface area contributed by atoms with Crippen molar-refractivity contribution in [3.05, 3.63) is 30.1 Å². The van der Waals surface area contributed by atoms with Crippen LogP contribution in [0.25, 0.3) is 0 Å². The van der Waals surface area contributed by atoms with Gasteiger partial charge in [0.2, 0.25) is 5.91 Å². The van der Waals surface area contributed by atoms with E-state index in [0.29, 0.717) is 6.54 Å². The molecule has 0 aliphatic rings. The summed E-state index contributed by atoms with van der Waals surface area (Å²) in [6.45, 7) is 4.64. The van der Waals surface area contributed by atoms with Crippen molar-refractivity contribution < 1.29 is 4.79 Å². The van der Waals surface area contributed by atoms with Crippen LogP contribution >= 0.6 is 0 Å². The van der Waals surface area contributed by atoms with E-state index in [4.69, 9.17) is 5.73 Å². The van der Waals surface area contributed by atoms with Crippen LogP contribution in [0.15, 0.2) is 24.5 Å². The van der Waals surface area contributed by atoms with E-state index in [9.17, 15) is 4.79 Å². The van der Waals surface area contributed by atoms with Crippen molar-refractivity contribution in [1.29, 1.82) is 0 Å². The molecule has 0 aliphatic carbocycles. The van der Waals surface area contributed by atoms with Gasteiger partial charge in [0.1, 0.15) is 0 Å². The van der Waals surface area contributed by atoms with Gasteiger partial charge in [-0.1, -0.05) is 19.4 Å². The van der Waals surface area contributed by atoms with Gasteiger partial charge >= 0.3 is 0 Å². The third-order valence-corrected chi connectivity index (χ3v) is 3.18. The van der Waals surface area contributed by atoms with Gasteiger partial charge < -0.3 is 11.1 Å². The van der Waals surface area contributed by atoms with Crippen molar-refractivity contribution in [3.63, 3.8) is 0 Å². The van der Waals surface area contributed by atoms with Crippen molar-refractivity contribution in [2.75, 3.05) is 6.54 Å². The fraction of sp³-hybridized carbons (Fsp3) is 0.600. The van der Waals surface area contributed by atoms with Crippen LogP contribution in [0.5, 0.6) is 0 Å². The van der Waals surface area contributed by atoms with Crippen LogP contribution in [0.3, 0.4) is 0 Å². The molecule has 1 aromatic rings. The summed E-state index contributed by atoms with van der Waals surface area (Å²) < 4.78 is 0. The van der Waals surface area contributed by atoms with E-state index >= 15 is 0 Å². The second-order valence-corrected chi connectivity index (χ2v) is 5.21. The van der Waals surface area contributed by atoms with Crippen LogP contribution in [-0.2, 0) is 11.2 Å². The lowest BCUT2D eigenvalue weighted by molar-refractivity contribution is -0.124. The average Bonchev–Trinajstić information content (AvgIpc) is 2.39. The van der Waals surface area contributed by atoms with E-state index in [2.05, 4.69) is 10.3 Å². The number of rotatable bonds is 8. The second kappa shape index (κ2) is 8.64. The Morgan fingerprint density at radius 2 is 2.21 bits per heavy atom. The number of nitrogens with two attached hydrogens (primary N) is 1. The molecule has 0 aliphatic heterocycles. The zero-order chi connectivity index (χ0) is 14.1. The quantitative estimate of drug-likeness (QED) is 0.752. The summed E-state index contributed by atoms with van der Waals surface area (Å²) in [7, 11) is 0. The van der Waals surface area contributed by atoms with E-state index < -0.39 is 0 Å². The summed E-state index contributed by atoms with van der Waals surface area (Å²) in [6.07, 6.45) is 7.30. The minimum absolute atomic E-state index is 0.0626. The third-order valence-electron chi connectivity index (χ3n) is 3.18. The summed E-state index contributed by atoms with van der Waals surface area (Å²) in [5.74, 6) is 0.196. The molecule has 1 heterocycles. The molecule has 0 radical (unpaired) electrons. The maximum absolute atomic E-state index is 11.9. The van der Waals surface area contributed by atoms with Crippen LogP contribution in [0.4, 0.5) is 0 Å². The maximum Gasteiger partial charge on any atom is 0.222 e. The molecule has 0 saturated carbocycles. The monoisotopic (exact) mass is 263 g/mol. The van der Waals surface area contributed by atoms with Gasteiger partial charge in [-0.3, -0.25) is 9.78 Å². The van der Waals surface area contributed by atoms with Crippen molar-refractivity contribution in [3.8, 4) is 0 Å². The lowest BCUT2D eigenvalue weighted by Crippen LogP contribution is -2.31. The molecule has 1 rings (SSSR count). The maximum atomic E-state index is 11.9. The molecular weight excluding hydrogens is 238 g/mol. The molecule has 2 atom stereocenters. The number of carbonyl (C=O) groups excluding carboxylic acids is 1. The van der Waals surface area contributed by atoms with Crippen molar-refractivity contribution >= 4 is 5.91 Å². The first-order valence-electron chi connectivity index (χ1n) is 7.01. The summed E-state index contributed by atoms with van der Waals surface area (Å²) in [6, 6.07) is 4.15. The molecule has 0 saturated heterocycles. The highest BCUT2D eigenvalue weighted by atomic mass is 16.1. The molecule has 2 unspecified atom stereocenters. The highest BCUT2D eigenvalue weighted by Crippen LogP contribution is 2.09. The molecule has 4 nitrogen and oxygen atoms in total. The van der Waals surface area contributed by atoms with E-state index in [1.165, 1.54) is 0 Å². The van der Waals surface area contributed by atoms with Crippen LogP contribution in [0.1, 0.15) is 38.7 Å². The van der Waals surface area contributed by atoms with E-state index in [1.54, 1.807) is 6.20 Å². The minimum Gasteiger partial charge on any atom is -0.356 e. The Morgan fingerprint density at radius 3 is 2.84 bits per heavy atom. The number of amides is 1. The SMILES string of the molecule is CC(N)CCCC(C)C(=O)NCCc1cccnc1. The third kappa shape index (κ3) is 6.91. The summed E-state index contributed by atoms with van der Waals surface area (Å²) in [4.78, 5) is 15.9. The average molecular weight is 263 g/mol. The Hall–Kier alpha value is -1.42. The normalized spacial score (nSPS) is 13.8. The molecule has 0 aromatic carbocycles. The molecule has 106 valence electrons. The molecule has 0 spiro atoms. The van der Waals surface area contributed by atoms with Gasteiger partial charge in [0, 0.05) is 30.9 Å². The Balaban J connectivity index is 2.16. The van der Waals surface area contributed by atoms with Crippen LogP contribution in [-0.4, -0.2) is 23.5 Å². The van der Waals surface area contributed by atoms with Gasteiger partial charge in [0.25, 0.3) is 0 Å². The molecule has 4 heteroatoms. The zero-order valence-electron chi connectivity index (χ0n) is 11.9. The van der Waals surface area contributed by atoms with E-state index in [1.807, 2.05) is 32.2 Å². The Kier molecular flexibility index (Phi) is 7.11. The van der Waals surface area contributed by atoms with Crippen molar-refractivity contribution in [1.82, 2.24) is 10.3 Å². The standard InChI is InChI=1S/C15H25N3O/c1-12(5-3-6-13(2)16)15(19)18-10-8-14-7-4-9-17-11-14/h4,7,9,11-13H,3,5-6,8,10,16H2,1-2H3,(H,18,19). The van der Waals surface area contributed by atoms with Crippen LogP contribution in [0.2, 0.25) is 0 Å². The summed E-state index contributed by atoms with van der Waals surface area (Å²) in [5.41, 5.74) is 6.84. The van der Waals surface area contributed by atoms with Crippen LogP contribution < -0.4 is 11.1 Å². The smallest absolute Gasteiger partial charge is 0.222 e. The molecule has 1 aromatic heterocycles. The fourth-order valence-electron chi connectivity index (χ4n) is 1.93. The van der Waals surface area contributed by atoms with E-state index in [-0.39, 0.29) is 17.9 Å². The lowest BCUT2D eigenvalue weighted by atomic mass is 10.0. The number of aromatic nitrogens is 1. The van der Waals surface area contributed by atoms with Gasteiger partial charge in [-0.25, -0.2) is 0 Å². The number of hydrogen-bond acceptors (Lipinski definition) is 3. The summed E-state index contributed by atoms with van der Waals surface area (Å²) >= 11 is 0. The van der Waals surface area contributed by atoms with Gasteiger partial charge in [0.05, 0.1) is 0 Å². The predicted octanol–water partition coefficient (Wildman–Crippen LogP) is 1.89. The number of hydrogen-bond donors (Lipinski definition) is 2. The van der Waals surface area contributed by atoms with Gasteiger partial charge in [-0.15, -0.1) is 0 Å². The van der Waals surface area contributed by atoms with Crippen molar-refractivity contribution in [2.24, 2.45) is 11.7 Å². The molecule has 0 bridgehead atoms.